The maximum atomic E-state index is 12.7. The maximum absolute atomic E-state index is 12.7. The Kier molecular flexibility index (Phi) is 4.22. The van der Waals surface area contributed by atoms with E-state index in [0.717, 1.165) is 11.1 Å². The first kappa shape index (κ1) is 14.5. The lowest BCUT2D eigenvalue weighted by Crippen LogP contribution is -2.19. The van der Waals surface area contributed by atoms with E-state index in [1.807, 2.05) is 60.7 Å². The van der Waals surface area contributed by atoms with Gasteiger partial charge in [0.1, 0.15) is 0 Å². The van der Waals surface area contributed by atoms with Gasteiger partial charge in [-0.05, 0) is 11.1 Å². The summed E-state index contributed by atoms with van der Waals surface area (Å²) in [4.78, 5) is 10.4. The molecule has 1 N–H and O–H groups in total. The fourth-order valence-electron chi connectivity index (χ4n) is 2.60. The zero-order valence-corrected chi connectivity index (χ0v) is 12.7. The normalized spacial score (nSPS) is 18.9. The van der Waals surface area contributed by atoms with Crippen LogP contribution in [0.4, 0.5) is 0 Å². The zero-order valence-electron chi connectivity index (χ0n) is 11.8. The Bertz CT molecular complexity index is 580. The summed E-state index contributed by atoms with van der Waals surface area (Å²) in [6.07, 6.45) is 0. The van der Waals surface area contributed by atoms with Crippen LogP contribution in [0.1, 0.15) is 11.1 Å². The third-order valence-corrected chi connectivity index (χ3v) is 5.93. The minimum absolute atomic E-state index is 0.514. The van der Waals surface area contributed by atoms with Crippen LogP contribution in [0.2, 0.25) is 0 Å². The zero-order chi connectivity index (χ0) is 14.7. The van der Waals surface area contributed by atoms with E-state index < -0.39 is 7.67 Å². The van der Waals surface area contributed by atoms with E-state index in [1.54, 1.807) is 9.34 Å². The lowest BCUT2D eigenvalue weighted by Gasteiger charge is -2.25. The van der Waals surface area contributed by atoms with Crippen LogP contribution in [-0.4, -0.2) is 27.3 Å². The molecule has 3 rings (SSSR count). The van der Waals surface area contributed by atoms with E-state index in [9.17, 15) is 9.46 Å². The summed E-state index contributed by atoms with van der Waals surface area (Å²) in [6, 6.07) is 19.7. The van der Waals surface area contributed by atoms with Gasteiger partial charge in [-0.25, -0.2) is 9.34 Å². The van der Waals surface area contributed by atoms with Crippen LogP contribution < -0.4 is 0 Å². The van der Waals surface area contributed by atoms with Gasteiger partial charge >= 0.3 is 7.67 Å². The summed E-state index contributed by atoms with van der Waals surface area (Å²) in [6.45, 7) is 2.27. The summed E-state index contributed by atoms with van der Waals surface area (Å²) >= 11 is 0. The van der Waals surface area contributed by atoms with Crippen molar-refractivity contribution in [2.75, 3.05) is 13.1 Å². The van der Waals surface area contributed by atoms with Crippen molar-refractivity contribution in [3.63, 3.8) is 0 Å². The smallest absolute Gasteiger partial charge is 0.322 e. The van der Waals surface area contributed by atoms with Crippen LogP contribution in [0.5, 0.6) is 0 Å². The van der Waals surface area contributed by atoms with Crippen LogP contribution in [0.25, 0.3) is 0 Å². The van der Waals surface area contributed by atoms with Gasteiger partial charge in [-0.1, -0.05) is 60.7 Å². The maximum Gasteiger partial charge on any atom is 0.344 e. The fraction of sp³-hybridized carbons (Fsp3) is 0.250. The van der Waals surface area contributed by atoms with Crippen molar-refractivity contribution in [2.45, 2.75) is 13.1 Å². The van der Waals surface area contributed by atoms with Crippen LogP contribution >= 0.6 is 7.67 Å². The highest BCUT2D eigenvalue weighted by molar-refractivity contribution is 7.53. The predicted octanol–water partition coefficient (Wildman–Crippen LogP) is 3.10. The van der Waals surface area contributed by atoms with Crippen molar-refractivity contribution < 1.29 is 9.46 Å². The van der Waals surface area contributed by atoms with E-state index in [2.05, 4.69) is 0 Å². The molecule has 0 unspecified atom stereocenters. The largest absolute Gasteiger partial charge is 0.344 e. The first-order valence-electron chi connectivity index (χ1n) is 7.08. The lowest BCUT2D eigenvalue weighted by molar-refractivity contribution is 0.339. The second kappa shape index (κ2) is 6.12. The first-order valence-corrected chi connectivity index (χ1v) is 8.64. The van der Waals surface area contributed by atoms with Gasteiger partial charge in [0, 0.05) is 26.2 Å². The molecule has 0 radical (unpaired) electrons. The third kappa shape index (κ3) is 3.25. The predicted molar refractivity (Wildman–Crippen MR) is 83.5 cm³/mol. The van der Waals surface area contributed by atoms with Gasteiger partial charge in [-0.15, -0.1) is 0 Å². The summed E-state index contributed by atoms with van der Waals surface area (Å²) in [7, 11) is -3.43. The van der Waals surface area contributed by atoms with E-state index in [4.69, 9.17) is 0 Å². The Labute approximate surface area is 125 Å². The van der Waals surface area contributed by atoms with Gasteiger partial charge in [0.15, 0.2) is 0 Å². The summed E-state index contributed by atoms with van der Waals surface area (Å²) in [5, 5.41) is 0. The molecule has 21 heavy (non-hydrogen) atoms. The molecule has 0 spiro atoms. The summed E-state index contributed by atoms with van der Waals surface area (Å²) < 4.78 is 16.1. The van der Waals surface area contributed by atoms with Gasteiger partial charge in [-0.2, -0.15) is 0 Å². The number of rotatable bonds is 4. The molecule has 2 aromatic carbocycles. The highest BCUT2D eigenvalue weighted by atomic mass is 31.2. The molecule has 1 heterocycles. The van der Waals surface area contributed by atoms with Crippen LogP contribution in [0.3, 0.4) is 0 Å². The van der Waals surface area contributed by atoms with Crippen LogP contribution in [0, 0.1) is 0 Å². The molecule has 0 saturated carbocycles. The molecule has 0 atom stereocenters. The molecule has 0 aromatic heterocycles. The highest BCUT2D eigenvalue weighted by Gasteiger charge is 2.41. The molecular weight excluding hydrogens is 283 g/mol. The highest BCUT2D eigenvalue weighted by Crippen LogP contribution is 2.54. The molecule has 1 aliphatic rings. The molecule has 0 aliphatic carbocycles. The molecule has 1 aliphatic heterocycles. The Hall–Kier alpha value is -1.45. The van der Waals surface area contributed by atoms with Gasteiger partial charge in [0.2, 0.25) is 0 Å². The van der Waals surface area contributed by atoms with Crippen molar-refractivity contribution in [3.8, 4) is 0 Å². The third-order valence-electron chi connectivity index (χ3n) is 3.77. The van der Waals surface area contributed by atoms with Crippen LogP contribution in [0.15, 0.2) is 60.7 Å². The van der Waals surface area contributed by atoms with Crippen molar-refractivity contribution in [3.05, 3.63) is 71.8 Å². The topological polar surface area (TPSA) is 43.8 Å². The van der Waals surface area contributed by atoms with E-state index >= 15 is 0 Å². The van der Waals surface area contributed by atoms with Crippen molar-refractivity contribution in [2.24, 2.45) is 0 Å². The van der Waals surface area contributed by atoms with Gasteiger partial charge < -0.3 is 4.89 Å². The van der Waals surface area contributed by atoms with Crippen molar-refractivity contribution >= 4 is 7.67 Å². The van der Waals surface area contributed by atoms with E-state index in [0.29, 0.717) is 26.2 Å². The molecular formula is C16H19N2O2P. The Morgan fingerprint density at radius 3 is 1.57 bits per heavy atom. The SMILES string of the molecule is O=P1(O)N(Cc2ccccc2)CCN1Cc1ccccc1. The average Bonchev–Trinajstić information content (AvgIpc) is 2.77. The number of nitrogens with zero attached hydrogens (tertiary/aromatic N) is 2. The molecule has 110 valence electrons. The summed E-state index contributed by atoms with van der Waals surface area (Å²) in [5.74, 6) is 0. The quantitative estimate of drug-likeness (QED) is 0.881. The number of hydrogen-bond acceptors (Lipinski definition) is 1. The van der Waals surface area contributed by atoms with Gasteiger partial charge in [-0.3, -0.25) is 4.57 Å². The molecule has 0 bridgehead atoms. The molecule has 2 aromatic rings. The minimum atomic E-state index is -3.43. The second-order valence-electron chi connectivity index (χ2n) is 5.26. The van der Waals surface area contributed by atoms with Crippen molar-refractivity contribution in [1.82, 2.24) is 9.34 Å². The molecule has 1 fully saturated rings. The monoisotopic (exact) mass is 302 g/mol. The molecule has 4 nitrogen and oxygen atoms in total. The number of hydrogen-bond donors (Lipinski definition) is 1. The number of benzene rings is 2. The Morgan fingerprint density at radius 1 is 0.810 bits per heavy atom. The van der Waals surface area contributed by atoms with Gasteiger partial charge in [0.25, 0.3) is 0 Å². The Balaban J connectivity index is 1.71. The molecule has 5 heteroatoms. The molecule has 0 amide bonds. The van der Waals surface area contributed by atoms with E-state index in [-0.39, 0.29) is 0 Å². The standard InChI is InChI=1S/C16H19N2O2P/c19-21(20)17(13-15-7-3-1-4-8-15)11-12-18(21)14-16-9-5-2-6-10-16/h1-10H,11-14H2,(H,19,20). The average molecular weight is 302 g/mol. The van der Waals surface area contributed by atoms with Crippen LogP contribution in [-0.2, 0) is 17.7 Å². The Morgan fingerprint density at radius 2 is 1.19 bits per heavy atom. The van der Waals surface area contributed by atoms with Gasteiger partial charge in [0.05, 0.1) is 0 Å². The second-order valence-corrected chi connectivity index (χ2v) is 7.42. The van der Waals surface area contributed by atoms with Crippen molar-refractivity contribution in [1.29, 1.82) is 0 Å². The fourth-order valence-corrected chi connectivity index (χ4v) is 4.35. The minimum Gasteiger partial charge on any atom is -0.322 e. The lowest BCUT2D eigenvalue weighted by atomic mass is 10.2. The molecule has 1 saturated heterocycles. The van der Waals surface area contributed by atoms with E-state index in [1.165, 1.54) is 0 Å². The first-order chi connectivity index (χ1) is 10.2. The summed E-state index contributed by atoms with van der Waals surface area (Å²) in [5.41, 5.74) is 2.13.